The number of nitrogens with one attached hydrogen (secondary N) is 1. The molecule has 0 spiro atoms. The number of hydrogen-bond donors (Lipinski definition) is 1. The van der Waals surface area contributed by atoms with Gasteiger partial charge in [-0.15, -0.1) is 0 Å². The molecule has 1 aliphatic rings. The molecule has 0 amide bonds. The van der Waals surface area contributed by atoms with Crippen molar-refractivity contribution in [3.8, 4) is 0 Å². The first-order chi connectivity index (χ1) is 9.90. The third kappa shape index (κ3) is 3.74. The highest BCUT2D eigenvalue weighted by Gasteiger charge is 2.24. The summed E-state index contributed by atoms with van der Waals surface area (Å²) in [6.45, 7) is 1.59. The molecule has 0 saturated carbocycles. The Morgan fingerprint density at radius 2 is 2.29 bits per heavy atom. The third-order valence-electron chi connectivity index (χ3n) is 3.41. The van der Waals surface area contributed by atoms with Crippen LogP contribution in [0.4, 0.5) is 5.13 Å². The van der Waals surface area contributed by atoms with Crippen molar-refractivity contribution >= 4 is 52.6 Å². The number of anilines is 1. The maximum atomic E-state index is 11.4. The Morgan fingerprint density at radius 1 is 1.48 bits per heavy atom. The lowest BCUT2D eigenvalue weighted by Crippen LogP contribution is -2.47. The molecule has 0 aliphatic carbocycles. The van der Waals surface area contributed by atoms with E-state index in [0.717, 1.165) is 39.2 Å². The van der Waals surface area contributed by atoms with Crippen LogP contribution < -0.4 is 9.62 Å². The molecule has 1 fully saturated rings. The van der Waals surface area contributed by atoms with E-state index in [1.807, 2.05) is 12.1 Å². The van der Waals surface area contributed by atoms with E-state index in [1.54, 1.807) is 11.3 Å². The Morgan fingerprint density at radius 3 is 3.05 bits per heavy atom. The summed E-state index contributed by atoms with van der Waals surface area (Å²) in [5.74, 6) is 0. The van der Waals surface area contributed by atoms with Gasteiger partial charge in [-0.1, -0.05) is 27.3 Å². The topological polar surface area (TPSA) is 62.3 Å². The molecule has 2 aromatic rings. The average molecular weight is 390 g/mol. The van der Waals surface area contributed by atoms with Crippen LogP contribution in [0.2, 0.25) is 0 Å². The smallest absolute Gasteiger partial charge is 0.209 e. The maximum Gasteiger partial charge on any atom is 0.209 e. The Balaban J connectivity index is 1.81. The minimum Gasteiger partial charge on any atom is -0.346 e. The van der Waals surface area contributed by atoms with Crippen LogP contribution in [0.25, 0.3) is 10.2 Å². The third-order valence-corrected chi connectivity index (χ3v) is 5.75. The predicted octanol–water partition coefficient (Wildman–Crippen LogP) is 2.58. The van der Waals surface area contributed by atoms with E-state index >= 15 is 0 Å². The fourth-order valence-electron chi connectivity index (χ4n) is 2.57. The number of nitrogens with zero attached hydrogens (tertiary/aromatic N) is 2. The number of fused-ring (bicyclic) bond motifs is 1. The fraction of sp³-hybridized carbons (Fsp3) is 0.462. The lowest BCUT2D eigenvalue weighted by Gasteiger charge is -2.32. The number of halogens is 1. The zero-order chi connectivity index (χ0) is 15.0. The number of hydrogen-bond acceptors (Lipinski definition) is 5. The van der Waals surface area contributed by atoms with E-state index in [0.29, 0.717) is 6.54 Å². The molecule has 1 aromatic carbocycles. The molecule has 21 heavy (non-hydrogen) atoms. The van der Waals surface area contributed by atoms with Gasteiger partial charge in [0.25, 0.3) is 0 Å². The molecule has 5 nitrogen and oxygen atoms in total. The normalized spacial score (nSPS) is 20.1. The Bertz CT molecular complexity index is 760. The molecule has 3 rings (SSSR count). The van der Waals surface area contributed by atoms with E-state index in [9.17, 15) is 8.42 Å². The van der Waals surface area contributed by atoms with Crippen LogP contribution in [-0.4, -0.2) is 38.8 Å². The highest BCUT2D eigenvalue weighted by molar-refractivity contribution is 9.10. The first kappa shape index (κ1) is 15.2. The van der Waals surface area contributed by atoms with Crippen molar-refractivity contribution in [2.24, 2.45) is 0 Å². The number of piperidine rings is 1. The SMILES string of the molecule is CS(=O)(=O)NC1CCCN(c2nc3ccc(Br)cc3s2)C1. The van der Waals surface area contributed by atoms with Gasteiger partial charge in [0.1, 0.15) is 0 Å². The molecule has 1 aliphatic heterocycles. The number of thiazole rings is 1. The first-order valence-electron chi connectivity index (χ1n) is 6.69. The maximum absolute atomic E-state index is 11.4. The van der Waals surface area contributed by atoms with Gasteiger partial charge in [-0.25, -0.2) is 18.1 Å². The summed E-state index contributed by atoms with van der Waals surface area (Å²) in [5.41, 5.74) is 0.983. The lowest BCUT2D eigenvalue weighted by molar-refractivity contribution is 0.467. The molecule has 114 valence electrons. The van der Waals surface area contributed by atoms with Crippen molar-refractivity contribution in [2.75, 3.05) is 24.2 Å². The summed E-state index contributed by atoms with van der Waals surface area (Å²) in [6.07, 6.45) is 3.05. The minimum absolute atomic E-state index is 0.0347. The largest absolute Gasteiger partial charge is 0.346 e. The van der Waals surface area contributed by atoms with Gasteiger partial charge < -0.3 is 4.90 Å². The molecule has 0 bridgehead atoms. The summed E-state index contributed by atoms with van der Waals surface area (Å²) in [5, 5.41) is 0.961. The second-order valence-electron chi connectivity index (χ2n) is 5.28. The summed E-state index contributed by atoms with van der Waals surface area (Å²) in [7, 11) is -3.16. The van der Waals surface area contributed by atoms with Crippen LogP contribution in [0.3, 0.4) is 0 Å². The van der Waals surface area contributed by atoms with Crippen molar-refractivity contribution in [1.29, 1.82) is 0 Å². The van der Waals surface area contributed by atoms with Gasteiger partial charge in [0.05, 0.1) is 16.5 Å². The lowest BCUT2D eigenvalue weighted by atomic mass is 10.1. The molecule has 1 saturated heterocycles. The highest BCUT2D eigenvalue weighted by atomic mass is 79.9. The Hall–Kier alpha value is -0.700. The van der Waals surface area contributed by atoms with Crippen molar-refractivity contribution < 1.29 is 8.42 Å². The zero-order valence-corrected chi connectivity index (χ0v) is 14.8. The van der Waals surface area contributed by atoms with Crippen LogP contribution in [0, 0.1) is 0 Å². The Kier molecular flexibility index (Phi) is 4.22. The molecule has 1 N–H and O–H groups in total. The van der Waals surface area contributed by atoms with Crippen LogP contribution in [-0.2, 0) is 10.0 Å². The van der Waals surface area contributed by atoms with Crippen molar-refractivity contribution in [3.63, 3.8) is 0 Å². The van der Waals surface area contributed by atoms with Crippen molar-refractivity contribution in [1.82, 2.24) is 9.71 Å². The van der Waals surface area contributed by atoms with E-state index in [1.165, 1.54) is 6.26 Å². The standard InChI is InChI=1S/C13H16BrN3O2S2/c1-21(18,19)16-10-3-2-6-17(8-10)13-15-11-5-4-9(14)7-12(11)20-13/h4-5,7,10,16H,2-3,6,8H2,1H3. The van der Waals surface area contributed by atoms with Crippen LogP contribution >= 0.6 is 27.3 Å². The summed E-state index contributed by atoms with van der Waals surface area (Å²) in [6, 6.07) is 6.01. The van der Waals surface area contributed by atoms with Gasteiger partial charge >= 0.3 is 0 Å². The van der Waals surface area contributed by atoms with E-state index < -0.39 is 10.0 Å². The van der Waals surface area contributed by atoms with Gasteiger partial charge in [0, 0.05) is 23.6 Å². The number of benzene rings is 1. The van der Waals surface area contributed by atoms with E-state index in [-0.39, 0.29) is 6.04 Å². The van der Waals surface area contributed by atoms with Gasteiger partial charge in [0.15, 0.2) is 5.13 Å². The van der Waals surface area contributed by atoms with Gasteiger partial charge in [-0.3, -0.25) is 0 Å². The van der Waals surface area contributed by atoms with Crippen molar-refractivity contribution in [3.05, 3.63) is 22.7 Å². The molecule has 2 heterocycles. The van der Waals surface area contributed by atoms with Crippen LogP contribution in [0.15, 0.2) is 22.7 Å². The molecule has 1 atom stereocenters. The van der Waals surface area contributed by atoms with E-state index in [4.69, 9.17) is 0 Å². The summed E-state index contributed by atoms with van der Waals surface area (Å²) >= 11 is 5.11. The second kappa shape index (κ2) is 5.83. The molecule has 0 radical (unpaired) electrons. The van der Waals surface area contributed by atoms with Gasteiger partial charge in [-0.2, -0.15) is 0 Å². The quantitative estimate of drug-likeness (QED) is 0.875. The summed E-state index contributed by atoms with van der Waals surface area (Å²) in [4.78, 5) is 6.83. The average Bonchev–Trinajstić information content (AvgIpc) is 2.80. The molecular formula is C13H16BrN3O2S2. The predicted molar refractivity (Wildman–Crippen MR) is 90.5 cm³/mol. The molecule has 1 unspecified atom stereocenters. The van der Waals surface area contributed by atoms with Crippen LogP contribution in [0.1, 0.15) is 12.8 Å². The number of sulfonamides is 1. The van der Waals surface area contributed by atoms with Gasteiger partial charge in [-0.05, 0) is 31.0 Å². The van der Waals surface area contributed by atoms with Crippen LogP contribution in [0.5, 0.6) is 0 Å². The molecular weight excluding hydrogens is 374 g/mol. The first-order valence-corrected chi connectivity index (χ1v) is 10.2. The summed E-state index contributed by atoms with van der Waals surface area (Å²) < 4.78 is 27.6. The van der Waals surface area contributed by atoms with Gasteiger partial charge in [0.2, 0.25) is 10.0 Å². The zero-order valence-electron chi connectivity index (χ0n) is 11.5. The number of aromatic nitrogens is 1. The fourth-order valence-corrected chi connectivity index (χ4v) is 4.92. The highest BCUT2D eigenvalue weighted by Crippen LogP contribution is 2.32. The minimum atomic E-state index is -3.16. The second-order valence-corrected chi connectivity index (χ2v) is 8.99. The molecule has 1 aromatic heterocycles. The molecule has 8 heteroatoms. The van der Waals surface area contributed by atoms with E-state index in [2.05, 4.69) is 36.6 Å². The Labute approximate surface area is 136 Å². The van der Waals surface area contributed by atoms with Crippen molar-refractivity contribution in [2.45, 2.75) is 18.9 Å². The number of rotatable bonds is 3. The monoisotopic (exact) mass is 389 g/mol.